The van der Waals surface area contributed by atoms with E-state index in [4.69, 9.17) is 4.74 Å². The summed E-state index contributed by atoms with van der Waals surface area (Å²) in [7, 11) is 1.40. The van der Waals surface area contributed by atoms with Gasteiger partial charge in [0.15, 0.2) is 0 Å². The zero-order valence-electron chi connectivity index (χ0n) is 9.33. The third-order valence-corrected chi connectivity index (χ3v) is 5.69. The minimum Gasteiger partial charge on any atom is -0.465 e. The highest BCUT2D eigenvalue weighted by atomic mass is 79.9. The highest BCUT2D eigenvalue weighted by Crippen LogP contribution is 2.44. The molecule has 3 nitrogen and oxygen atoms in total. The number of carbonyl (C=O) groups is 1. The number of hydrogen-bond donors (Lipinski definition) is 0. The predicted octanol–water partition coefficient (Wildman–Crippen LogP) is 3.47. The molecule has 0 saturated heterocycles. The van der Waals surface area contributed by atoms with E-state index in [9.17, 15) is 4.79 Å². The van der Waals surface area contributed by atoms with Crippen LogP contribution in [0.15, 0.2) is 0 Å². The number of esters is 1. The zero-order valence-corrected chi connectivity index (χ0v) is 11.7. The molecule has 2 rings (SSSR count). The zero-order chi connectivity index (χ0) is 11.7. The van der Waals surface area contributed by atoms with Crippen molar-refractivity contribution in [2.24, 2.45) is 5.92 Å². The summed E-state index contributed by atoms with van der Waals surface area (Å²) in [5, 5.41) is 1.00. The largest absolute Gasteiger partial charge is 0.465 e. The van der Waals surface area contributed by atoms with Gasteiger partial charge in [0.1, 0.15) is 9.88 Å². The highest BCUT2D eigenvalue weighted by Gasteiger charge is 2.30. The number of thiazole rings is 1. The summed E-state index contributed by atoms with van der Waals surface area (Å²) in [6, 6.07) is 0. The molecule has 1 fully saturated rings. The molecule has 1 aliphatic rings. The number of methoxy groups -OCH3 is 1. The molecule has 0 radical (unpaired) electrons. The number of halogens is 1. The van der Waals surface area contributed by atoms with Gasteiger partial charge in [0.2, 0.25) is 0 Å². The van der Waals surface area contributed by atoms with Crippen molar-refractivity contribution in [2.75, 3.05) is 7.11 Å². The number of alkyl halides is 1. The van der Waals surface area contributed by atoms with Gasteiger partial charge in [0.05, 0.1) is 17.6 Å². The molecule has 0 bridgehead atoms. The summed E-state index contributed by atoms with van der Waals surface area (Å²) >= 11 is 5.12. The summed E-state index contributed by atoms with van der Waals surface area (Å²) < 4.78 is 4.73. The molecule has 0 aliphatic heterocycles. The maximum Gasteiger partial charge on any atom is 0.349 e. The molecule has 88 valence electrons. The van der Waals surface area contributed by atoms with Crippen LogP contribution in [-0.4, -0.2) is 18.1 Å². The molecular weight excluding hydrogens is 290 g/mol. The number of aromatic nitrogens is 1. The fourth-order valence-corrected chi connectivity index (χ4v) is 3.72. The molecule has 1 atom stereocenters. The molecule has 0 spiro atoms. The molecule has 1 aromatic heterocycles. The van der Waals surface area contributed by atoms with E-state index >= 15 is 0 Å². The van der Waals surface area contributed by atoms with Crippen LogP contribution >= 0.6 is 27.3 Å². The van der Waals surface area contributed by atoms with Crippen LogP contribution in [0.1, 0.15) is 44.5 Å². The van der Waals surface area contributed by atoms with Crippen LogP contribution < -0.4 is 0 Å². The van der Waals surface area contributed by atoms with Gasteiger partial charge in [0, 0.05) is 0 Å². The molecule has 16 heavy (non-hydrogen) atoms. The Bertz CT molecular complexity index is 401. The first-order valence-electron chi connectivity index (χ1n) is 5.33. The first-order chi connectivity index (χ1) is 7.63. The van der Waals surface area contributed by atoms with Crippen molar-refractivity contribution < 1.29 is 9.53 Å². The summed E-state index contributed by atoms with van der Waals surface area (Å²) in [5.74, 6) is 0.394. The van der Waals surface area contributed by atoms with E-state index in [2.05, 4.69) is 20.9 Å². The molecular formula is C11H14BrNO2S. The number of nitrogens with zero attached hydrogens (tertiary/aromatic N) is 1. The van der Waals surface area contributed by atoms with E-state index in [1.807, 2.05) is 6.92 Å². The Morgan fingerprint density at radius 1 is 1.62 bits per heavy atom. The second kappa shape index (κ2) is 4.84. The Kier molecular flexibility index (Phi) is 3.64. The molecule has 0 N–H and O–H groups in total. The molecule has 1 saturated carbocycles. The minimum absolute atomic E-state index is 0.283. The topological polar surface area (TPSA) is 39.2 Å². The Morgan fingerprint density at radius 3 is 2.81 bits per heavy atom. The minimum atomic E-state index is -0.283. The Morgan fingerprint density at radius 2 is 2.31 bits per heavy atom. The molecule has 1 heterocycles. The van der Waals surface area contributed by atoms with E-state index in [1.54, 1.807) is 0 Å². The third-order valence-electron chi connectivity index (χ3n) is 2.98. The standard InChI is InChI=1S/C11H14BrNO2S/c1-6-9(11(14)15-2)16-10(13-6)8(12)7-4-3-5-7/h7-8H,3-5H2,1-2H3. The van der Waals surface area contributed by atoms with E-state index in [0.717, 1.165) is 10.7 Å². The van der Waals surface area contributed by atoms with E-state index in [0.29, 0.717) is 15.6 Å². The number of carbonyl (C=O) groups excluding carboxylic acids is 1. The van der Waals surface area contributed by atoms with Crippen molar-refractivity contribution in [1.82, 2.24) is 4.98 Å². The number of ether oxygens (including phenoxy) is 1. The Balaban J connectivity index is 2.19. The fourth-order valence-electron chi connectivity index (χ4n) is 1.75. The van der Waals surface area contributed by atoms with Gasteiger partial charge in [-0.25, -0.2) is 9.78 Å². The van der Waals surface area contributed by atoms with E-state index in [1.165, 1.54) is 37.7 Å². The van der Waals surface area contributed by atoms with E-state index in [-0.39, 0.29) is 5.97 Å². The maximum atomic E-state index is 11.5. The van der Waals surface area contributed by atoms with Gasteiger partial charge in [-0.05, 0) is 25.7 Å². The summed E-state index contributed by atoms with van der Waals surface area (Å²) in [4.78, 5) is 16.8. The van der Waals surface area contributed by atoms with Crippen molar-refractivity contribution in [3.63, 3.8) is 0 Å². The van der Waals surface area contributed by atoms with E-state index < -0.39 is 0 Å². The molecule has 1 aromatic rings. The van der Waals surface area contributed by atoms with Crippen LogP contribution in [0.4, 0.5) is 0 Å². The van der Waals surface area contributed by atoms with Crippen molar-refractivity contribution in [3.05, 3.63) is 15.6 Å². The number of aryl methyl sites for hydroxylation is 1. The van der Waals surface area contributed by atoms with Crippen LogP contribution in [0.2, 0.25) is 0 Å². The second-order valence-electron chi connectivity index (χ2n) is 4.05. The fraction of sp³-hybridized carbons (Fsp3) is 0.636. The smallest absolute Gasteiger partial charge is 0.349 e. The lowest BCUT2D eigenvalue weighted by Gasteiger charge is -2.28. The van der Waals surface area contributed by atoms with Crippen molar-refractivity contribution in [1.29, 1.82) is 0 Å². The van der Waals surface area contributed by atoms with Crippen LogP contribution in [-0.2, 0) is 4.74 Å². The van der Waals surface area contributed by atoms with Gasteiger partial charge in [0.25, 0.3) is 0 Å². The predicted molar refractivity (Wildman–Crippen MR) is 67.2 cm³/mol. The molecule has 1 unspecified atom stereocenters. The molecule has 5 heteroatoms. The van der Waals surface area contributed by atoms with Crippen molar-refractivity contribution in [2.45, 2.75) is 31.0 Å². The van der Waals surface area contributed by atoms with Crippen molar-refractivity contribution in [3.8, 4) is 0 Å². The number of hydrogen-bond acceptors (Lipinski definition) is 4. The van der Waals surface area contributed by atoms with Gasteiger partial charge < -0.3 is 4.74 Å². The SMILES string of the molecule is COC(=O)c1sc(C(Br)C2CCC2)nc1C. The maximum absolute atomic E-state index is 11.5. The Hall–Kier alpha value is -0.420. The van der Waals surface area contributed by atoms with Gasteiger partial charge in [-0.3, -0.25) is 0 Å². The summed E-state index contributed by atoms with van der Waals surface area (Å²) in [6.07, 6.45) is 3.81. The summed E-state index contributed by atoms with van der Waals surface area (Å²) in [6.45, 7) is 1.85. The number of rotatable bonds is 3. The van der Waals surface area contributed by atoms with Crippen LogP contribution in [0.25, 0.3) is 0 Å². The van der Waals surface area contributed by atoms with Crippen molar-refractivity contribution >= 4 is 33.2 Å². The van der Waals surface area contributed by atoms with Gasteiger partial charge >= 0.3 is 5.97 Å². The quantitative estimate of drug-likeness (QED) is 0.634. The summed E-state index contributed by atoms with van der Waals surface area (Å²) in [5.41, 5.74) is 0.774. The monoisotopic (exact) mass is 303 g/mol. The van der Waals surface area contributed by atoms with Gasteiger partial charge in [-0.1, -0.05) is 22.4 Å². The lowest BCUT2D eigenvalue weighted by Crippen LogP contribution is -2.16. The third kappa shape index (κ3) is 2.15. The molecule has 0 aromatic carbocycles. The Labute approximate surface area is 107 Å². The van der Waals surface area contributed by atoms with Crippen LogP contribution in [0, 0.1) is 12.8 Å². The second-order valence-corrected chi connectivity index (χ2v) is 6.07. The van der Waals surface area contributed by atoms with Crippen LogP contribution in [0.5, 0.6) is 0 Å². The normalized spacial score (nSPS) is 17.9. The molecule has 1 aliphatic carbocycles. The lowest BCUT2D eigenvalue weighted by atomic mass is 9.83. The van der Waals surface area contributed by atoms with Gasteiger partial charge in [-0.15, -0.1) is 11.3 Å². The first-order valence-corrected chi connectivity index (χ1v) is 7.06. The average Bonchev–Trinajstić information content (AvgIpc) is 2.56. The highest BCUT2D eigenvalue weighted by molar-refractivity contribution is 9.09. The molecule has 0 amide bonds. The average molecular weight is 304 g/mol. The van der Waals surface area contributed by atoms with Gasteiger partial charge in [-0.2, -0.15) is 0 Å². The lowest BCUT2D eigenvalue weighted by molar-refractivity contribution is 0.0605. The first kappa shape index (κ1) is 12.0. The van der Waals surface area contributed by atoms with Crippen LogP contribution in [0.3, 0.4) is 0 Å².